The summed E-state index contributed by atoms with van der Waals surface area (Å²) in [6.45, 7) is 2.57. The summed E-state index contributed by atoms with van der Waals surface area (Å²) in [5, 5.41) is 11.5. The van der Waals surface area contributed by atoms with E-state index in [0.29, 0.717) is 0 Å². The van der Waals surface area contributed by atoms with Crippen LogP contribution in [0, 0.1) is 17.0 Å². The van der Waals surface area contributed by atoms with Crippen molar-refractivity contribution >= 4 is 17.5 Å². The first-order valence-corrected chi connectivity index (χ1v) is 9.99. The van der Waals surface area contributed by atoms with Gasteiger partial charge >= 0.3 is 0 Å². The number of fused-ring (bicyclic) bond motifs is 1. The predicted molar refractivity (Wildman–Crippen MR) is 121 cm³/mol. The minimum absolute atomic E-state index is 0.216. The van der Waals surface area contributed by atoms with Crippen LogP contribution in [0.1, 0.15) is 23.1 Å². The van der Waals surface area contributed by atoms with Crippen LogP contribution < -0.4 is 9.64 Å². The summed E-state index contributed by atoms with van der Waals surface area (Å²) in [6.07, 6.45) is 5.09. The number of ether oxygens (including phenoxy) is 1. The second-order valence-electron chi connectivity index (χ2n) is 7.43. The summed E-state index contributed by atoms with van der Waals surface area (Å²) in [4.78, 5) is 13.5. The fourth-order valence-electron chi connectivity index (χ4n) is 4.10. The number of aryl methyl sites for hydroxylation is 1. The van der Waals surface area contributed by atoms with Crippen molar-refractivity contribution in [1.29, 1.82) is 0 Å². The SMILES string of the molecule is COc1ccc2c(c1)C=CCCN2c1c(C)cc(-c2ccccc2)cc1C[N+](=O)[O-]. The minimum Gasteiger partial charge on any atom is -0.497 e. The van der Waals surface area contributed by atoms with Crippen LogP contribution in [-0.2, 0) is 6.54 Å². The fourth-order valence-corrected chi connectivity index (χ4v) is 4.10. The number of rotatable bonds is 5. The molecule has 0 spiro atoms. The molecule has 1 aliphatic heterocycles. The van der Waals surface area contributed by atoms with E-state index in [4.69, 9.17) is 4.74 Å². The van der Waals surface area contributed by atoms with Gasteiger partial charge in [-0.25, -0.2) is 0 Å². The third kappa shape index (κ3) is 3.92. The number of hydrogen-bond acceptors (Lipinski definition) is 4. The highest BCUT2D eigenvalue weighted by molar-refractivity contribution is 5.81. The van der Waals surface area contributed by atoms with Crippen molar-refractivity contribution in [2.75, 3.05) is 18.6 Å². The third-order valence-corrected chi connectivity index (χ3v) is 5.40. The Morgan fingerprint density at radius 1 is 1.07 bits per heavy atom. The lowest BCUT2D eigenvalue weighted by molar-refractivity contribution is -0.496. The quantitative estimate of drug-likeness (QED) is 0.389. The van der Waals surface area contributed by atoms with Crippen LogP contribution >= 0.6 is 0 Å². The third-order valence-electron chi connectivity index (χ3n) is 5.40. The van der Waals surface area contributed by atoms with Crippen LogP contribution in [0.4, 0.5) is 11.4 Å². The van der Waals surface area contributed by atoms with Gasteiger partial charge in [0, 0.05) is 28.3 Å². The monoisotopic (exact) mass is 400 g/mol. The standard InChI is InChI=1S/C25H24N2O3/c1-18-14-21(19-8-4-3-5-9-19)15-22(17-27(28)29)25(18)26-13-7-6-10-20-16-23(30-2)11-12-24(20)26/h3-6,8-12,14-16H,7,13,17H2,1-2H3. The van der Waals surface area contributed by atoms with Gasteiger partial charge in [-0.2, -0.15) is 0 Å². The molecule has 0 fully saturated rings. The Kier molecular flexibility index (Phi) is 5.53. The molecule has 5 nitrogen and oxygen atoms in total. The molecule has 0 bridgehead atoms. The molecule has 3 aromatic carbocycles. The molecule has 0 N–H and O–H groups in total. The molecule has 0 aromatic heterocycles. The Labute approximate surface area is 176 Å². The van der Waals surface area contributed by atoms with E-state index in [1.807, 2.05) is 61.5 Å². The van der Waals surface area contributed by atoms with Crippen molar-refractivity contribution in [3.05, 3.63) is 93.5 Å². The molecule has 0 atom stereocenters. The van der Waals surface area contributed by atoms with Crippen LogP contribution in [0.2, 0.25) is 0 Å². The van der Waals surface area contributed by atoms with Crippen molar-refractivity contribution in [2.24, 2.45) is 0 Å². The second-order valence-corrected chi connectivity index (χ2v) is 7.43. The largest absolute Gasteiger partial charge is 0.497 e. The van der Waals surface area contributed by atoms with Gasteiger partial charge in [0.2, 0.25) is 6.54 Å². The molecular weight excluding hydrogens is 376 g/mol. The van der Waals surface area contributed by atoms with Gasteiger partial charge in [-0.15, -0.1) is 0 Å². The first-order valence-electron chi connectivity index (χ1n) is 9.99. The van der Waals surface area contributed by atoms with Gasteiger partial charge in [0.05, 0.1) is 12.8 Å². The molecule has 152 valence electrons. The molecule has 1 heterocycles. The molecular formula is C25H24N2O3. The first kappa shape index (κ1) is 19.7. The van der Waals surface area contributed by atoms with Gasteiger partial charge in [0.1, 0.15) is 5.75 Å². The Hall–Kier alpha value is -3.60. The summed E-state index contributed by atoms with van der Waals surface area (Å²) in [5.41, 5.74) is 6.80. The Morgan fingerprint density at radius 2 is 1.87 bits per heavy atom. The van der Waals surface area contributed by atoms with E-state index in [9.17, 15) is 10.1 Å². The summed E-state index contributed by atoms with van der Waals surface area (Å²) < 4.78 is 5.39. The van der Waals surface area contributed by atoms with E-state index in [0.717, 1.165) is 57.9 Å². The highest BCUT2D eigenvalue weighted by Gasteiger charge is 2.22. The minimum atomic E-state index is -0.252. The van der Waals surface area contributed by atoms with Gasteiger partial charge in [-0.3, -0.25) is 10.1 Å². The summed E-state index contributed by atoms with van der Waals surface area (Å²) in [5.74, 6) is 0.793. The molecule has 1 aliphatic rings. The van der Waals surface area contributed by atoms with E-state index >= 15 is 0 Å². The lowest BCUT2D eigenvalue weighted by Crippen LogP contribution is -2.21. The second kappa shape index (κ2) is 8.41. The van der Waals surface area contributed by atoms with E-state index < -0.39 is 0 Å². The maximum absolute atomic E-state index is 11.5. The molecule has 3 aromatic rings. The number of nitrogens with zero attached hydrogens (tertiary/aromatic N) is 2. The highest BCUT2D eigenvalue weighted by Crippen LogP contribution is 2.39. The van der Waals surface area contributed by atoms with E-state index in [1.54, 1.807) is 7.11 Å². The Morgan fingerprint density at radius 3 is 2.60 bits per heavy atom. The molecule has 5 heteroatoms. The molecule has 0 unspecified atom stereocenters. The average molecular weight is 400 g/mol. The topological polar surface area (TPSA) is 55.6 Å². The molecule has 0 amide bonds. The molecule has 30 heavy (non-hydrogen) atoms. The van der Waals surface area contributed by atoms with Crippen molar-refractivity contribution in [3.63, 3.8) is 0 Å². The van der Waals surface area contributed by atoms with E-state index in [-0.39, 0.29) is 11.5 Å². The number of nitro groups is 1. The van der Waals surface area contributed by atoms with Gasteiger partial charge in [-0.1, -0.05) is 42.5 Å². The van der Waals surface area contributed by atoms with Crippen LogP contribution in [-0.4, -0.2) is 18.6 Å². The van der Waals surface area contributed by atoms with Crippen LogP contribution in [0.5, 0.6) is 5.75 Å². The zero-order valence-corrected chi connectivity index (χ0v) is 17.2. The molecule has 4 rings (SSSR count). The average Bonchev–Trinajstić information content (AvgIpc) is 2.95. The molecule has 0 radical (unpaired) electrons. The normalized spacial score (nSPS) is 12.9. The molecule has 0 saturated heterocycles. The highest BCUT2D eigenvalue weighted by atomic mass is 16.6. The fraction of sp³-hybridized carbons (Fsp3) is 0.200. The number of benzene rings is 3. The number of anilines is 2. The molecule has 0 saturated carbocycles. The lowest BCUT2D eigenvalue weighted by atomic mass is 9.97. The summed E-state index contributed by atoms with van der Waals surface area (Å²) >= 11 is 0. The Balaban J connectivity index is 1.87. The zero-order chi connectivity index (χ0) is 21.1. The van der Waals surface area contributed by atoms with Crippen molar-refractivity contribution in [2.45, 2.75) is 19.9 Å². The summed E-state index contributed by atoms with van der Waals surface area (Å²) in [7, 11) is 1.65. The van der Waals surface area contributed by atoms with Crippen molar-refractivity contribution in [3.8, 4) is 16.9 Å². The van der Waals surface area contributed by atoms with Gasteiger partial charge < -0.3 is 9.64 Å². The zero-order valence-electron chi connectivity index (χ0n) is 17.2. The number of hydrogen-bond donors (Lipinski definition) is 0. The Bertz CT molecular complexity index is 1110. The number of methoxy groups -OCH3 is 1. The van der Waals surface area contributed by atoms with Gasteiger partial charge in [-0.05, 0) is 60.4 Å². The van der Waals surface area contributed by atoms with Gasteiger partial charge in [0.25, 0.3) is 0 Å². The smallest absolute Gasteiger partial charge is 0.230 e. The van der Waals surface area contributed by atoms with Crippen LogP contribution in [0.25, 0.3) is 17.2 Å². The maximum atomic E-state index is 11.5. The maximum Gasteiger partial charge on any atom is 0.230 e. The molecule has 0 aliphatic carbocycles. The van der Waals surface area contributed by atoms with Crippen LogP contribution in [0.15, 0.2) is 66.7 Å². The first-order chi connectivity index (χ1) is 14.6. The lowest BCUT2D eigenvalue weighted by Gasteiger charge is -2.29. The van der Waals surface area contributed by atoms with Crippen molar-refractivity contribution in [1.82, 2.24) is 0 Å². The predicted octanol–water partition coefficient (Wildman–Crippen LogP) is 6.00. The van der Waals surface area contributed by atoms with Gasteiger partial charge in [0.15, 0.2) is 0 Å². The van der Waals surface area contributed by atoms with Crippen LogP contribution in [0.3, 0.4) is 0 Å². The van der Waals surface area contributed by atoms with E-state index in [2.05, 4.69) is 23.1 Å². The van der Waals surface area contributed by atoms with Crippen molar-refractivity contribution < 1.29 is 9.66 Å². The summed E-state index contributed by atoms with van der Waals surface area (Å²) in [6, 6.07) is 20.0. The van der Waals surface area contributed by atoms with E-state index in [1.165, 1.54) is 0 Å².